The Morgan fingerprint density at radius 1 is 1.22 bits per heavy atom. The normalized spacial score (nSPS) is 39.6. The van der Waals surface area contributed by atoms with Gasteiger partial charge in [0.25, 0.3) is 0 Å². The van der Waals surface area contributed by atoms with Crippen LogP contribution in [0.2, 0.25) is 0 Å². The molecule has 1 saturated carbocycles. The minimum absolute atomic E-state index is 0.116. The fraction of sp³-hybridized carbons (Fsp3) is 0.625. The van der Waals surface area contributed by atoms with Crippen LogP contribution in [0, 0.1) is 5.41 Å². The summed E-state index contributed by atoms with van der Waals surface area (Å²) in [5, 5.41) is 0. The molecule has 3 atom stereocenters. The predicted octanol–water partition coefficient (Wildman–Crippen LogP) is 4.07. The Bertz CT molecular complexity index is 416. The van der Waals surface area contributed by atoms with Crippen molar-refractivity contribution in [2.75, 3.05) is 6.61 Å². The largest absolute Gasteiger partial charge is 0.347 e. The van der Waals surface area contributed by atoms with Crippen molar-refractivity contribution in [1.29, 1.82) is 0 Å². The Labute approximate surface area is 109 Å². The zero-order valence-corrected chi connectivity index (χ0v) is 11.3. The lowest BCUT2D eigenvalue weighted by Gasteiger charge is -2.26. The molecule has 2 nitrogen and oxygen atoms in total. The van der Waals surface area contributed by atoms with Crippen molar-refractivity contribution in [3.8, 4) is 0 Å². The Morgan fingerprint density at radius 2 is 2.00 bits per heavy atom. The Kier molecular flexibility index (Phi) is 2.95. The molecule has 1 spiro atoms. The van der Waals surface area contributed by atoms with Gasteiger partial charge in [-0.2, -0.15) is 0 Å². The van der Waals surface area contributed by atoms with Crippen molar-refractivity contribution in [3.63, 3.8) is 0 Å². The van der Waals surface area contributed by atoms with Gasteiger partial charge in [0.2, 0.25) is 0 Å². The van der Waals surface area contributed by atoms with Gasteiger partial charge in [-0.15, -0.1) is 0 Å². The molecule has 2 aliphatic rings. The Morgan fingerprint density at radius 3 is 2.67 bits per heavy atom. The molecule has 1 aromatic carbocycles. The molecule has 0 N–H and O–H groups in total. The van der Waals surface area contributed by atoms with Crippen LogP contribution in [0.3, 0.4) is 0 Å². The van der Waals surface area contributed by atoms with E-state index in [0.29, 0.717) is 12.0 Å². The molecular formula is C16H22O2. The van der Waals surface area contributed by atoms with Gasteiger partial charge in [-0.25, -0.2) is 0 Å². The molecule has 3 unspecified atom stereocenters. The Balaban J connectivity index is 1.73. The third kappa shape index (κ3) is 2.08. The van der Waals surface area contributed by atoms with Gasteiger partial charge in [0.15, 0.2) is 5.79 Å². The second kappa shape index (κ2) is 4.36. The molecule has 18 heavy (non-hydrogen) atoms. The lowest BCUT2D eigenvalue weighted by Crippen LogP contribution is -2.28. The first-order valence-electron chi connectivity index (χ1n) is 7.02. The van der Waals surface area contributed by atoms with Crippen molar-refractivity contribution in [2.24, 2.45) is 5.41 Å². The maximum absolute atomic E-state index is 6.27. The van der Waals surface area contributed by atoms with Crippen LogP contribution in [0.1, 0.15) is 51.2 Å². The molecule has 98 valence electrons. The average molecular weight is 246 g/mol. The van der Waals surface area contributed by atoms with E-state index >= 15 is 0 Å². The van der Waals surface area contributed by atoms with Crippen LogP contribution < -0.4 is 0 Å². The number of benzene rings is 1. The molecule has 3 rings (SSSR count). The van der Waals surface area contributed by atoms with E-state index in [0.717, 1.165) is 12.8 Å². The molecule has 0 bridgehead atoms. The maximum Gasteiger partial charge on any atom is 0.169 e. The predicted molar refractivity (Wildman–Crippen MR) is 71.2 cm³/mol. The summed E-state index contributed by atoms with van der Waals surface area (Å²) in [7, 11) is 0. The van der Waals surface area contributed by atoms with Crippen LogP contribution in [0.4, 0.5) is 0 Å². The number of hydrogen-bond acceptors (Lipinski definition) is 2. The second-order valence-electron chi connectivity index (χ2n) is 6.08. The second-order valence-corrected chi connectivity index (χ2v) is 6.08. The first-order valence-corrected chi connectivity index (χ1v) is 7.02. The average Bonchev–Trinajstić information content (AvgIpc) is 2.97. The molecule has 0 radical (unpaired) electrons. The first-order chi connectivity index (χ1) is 8.65. The minimum Gasteiger partial charge on any atom is -0.347 e. The zero-order valence-electron chi connectivity index (χ0n) is 11.3. The van der Waals surface area contributed by atoms with E-state index in [2.05, 4.69) is 38.1 Å². The van der Waals surface area contributed by atoms with Crippen molar-refractivity contribution in [1.82, 2.24) is 0 Å². The van der Waals surface area contributed by atoms with Crippen LogP contribution in [0.15, 0.2) is 30.3 Å². The quantitative estimate of drug-likeness (QED) is 0.783. The highest BCUT2D eigenvalue weighted by molar-refractivity contribution is 5.18. The summed E-state index contributed by atoms with van der Waals surface area (Å²) in [6.07, 6.45) is 4.62. The van der Waals surface area contributed by atoms with Crippen molar-refractivity contribution < 1.29 is 9.47 Å². The molecule has 2 heteroatoms. The van der Waals surface area contributed by atoms with Crippen LogP contribution in [0.25, 0.3) is 0 Å². The van der Waals surface area contributed by atoms with Gasteiger partial charge in [0.05, 0.1) is 6.61 Å². The molecule has 0 aromatic heterocycles. The highest BCUT2D eigenvalue weighted by atomic mass is 16.7. The van der Waals surface area contributed by atoms with Crippen molar-refractivity contribution in [2.45, 2.75) is 51.4 Å². The van der Waals surface area contributed by atoms with Crippen molar-refractivity contribution >= 4 is 0 Å². The van der Waals surface area contributed by atoms with Crippen LogP contribution in [-0.2, 0) is 9.47 Å². The number of rotatable bonds is 2. The summed E-state index contributed by atoms with van der Waals surface area (Å²) in [6.45, 7) is 5.32. The van der Waals surface area contributed by atoms with Gasteiger partial charge in [0.1, 0.15) is 6.10 Å². The summed E-state index contributed by atoms with van der Waals surface area (Å²) in [6, 6.07) is 10.4. The van der Waals surface area contributed by atoms with E-state index < -0.39 is 0 Å². The summed E-state index contributed by atoms with van der Waals surface area (Å²) < 4.78 is 12.3. The molecule has 1 saturated heterocycles. The smallest absolute Gasteiger partial charge is 0.169 e. The molecule has 1 heterocycles. The van der Waals surface area contributed by atoms with E-state index in [1.807, 2.05) is 6.07 Å². The highest BCUT2D eigenvalue weighted by Gasteiger charge is 2.51. The maximum atomic E-state index is 6.27. The molecule has 1 aliphatic heterocycles. The minimum atomic E-state index is -0.300. The van der Waals surface area contributed by atoms with Gasteiger partial charge in [0, 0.05) is 12.8 Å². The van der Waals surface area contributed by atoms with Crippen molar-refractivity contribution in [3.05, 3.63) is 35.9 Å². The molecule has 0 amide bonds. The van der Waals surface area contributed by atoms with Gasteiger partial charge >= 0.3 is 0 Å². The standard InChI is InChI=1S/C16H22O2/c1-3-15(2)9-10-16(12-15)17-11-14(18-16)13-7-5-4-6-8-13/h4-8,14H,3,9-12H2,1-2H3. The number of hydrogen-bond donors (Lipinski definition) is 0. The van der Waals surface area contributed by atoms with Gasteiger partial charge < -0.3 is 9.47 Å². The summed E-state index contributed by atoms with van der Waals surface area (Å²) in [5.74, 6) is -0.300. The SMILES string of the molecule is CCC1(C)CCC2(C1)OCC(c1ccccc1)O2. The van der Waals surface area contributed by atoms with E-state index in [1.165, 1.54) is 18.4 Å². The third-order valence-corrected chi connectivity index (χ3v) is 4.69. The fourth-order valence-electron chi connectivity index (χ4n) is 3.23. The summed E-state index contributed by atoms with van der Waals surface area (Å²) >= 11 is 0. The first kappa shape index (κ1) is 12.2. The lowest BCUT2D eigenvalue weighted by atomic mass is 9.86. The van der Waals surface area contributed by atoms with E-state index in [9.17, 15) is 0 Å². The van der Waals surface area contributed by atoms with Gasteiger partial charge in [-0.1, -0.05) is 50.6 Å². The molecule has 1 aliphatic carbocycles. The van der Waals surface area contributed by atoms with Gasteiger partial charge in [-0.3, -0.25) is 0 Å². The van der Waals surface area contributed by atoms with Crippen LogP contribution in [-0.4, -0.2) is 12.4 Å². The molecular weight excluding hydrogens is 224 g/mol. The van der Waals surface area contributed by atoms with E-state index in [-0.39, 0.29) is 11.9 Å². The van der Waals surface area contributed by atoms with Crippen LogP contribution >= 0.6 is 0 Å². The summed E-state index contributed by atoms with van der Waals surface area (Å²) in [5.41, 5.74) is 1.63. The van der Waals surface area contributed by atoms with E-state index in [4.69, 9.17) is 9.47 Å². The highest BCUT2D eigenvalue weighted by Crippen LogP contribution is 2.52. The lowest BCUT2D eigenvalue weighted by molar-refractivity contribution is -0.168. The summed E-state index contributed by atoms with van der Waals surface area (Å²) in [4.78, 5) is 0. The van der Waals surface area contributed by atoms with E-state index in [1.54, 1.807) is 0 Å². The fourth-order valence-corrected chi connectivity index (χ4v) is 3.23. The zero-order chi connectivity index (χ0) is 12.6. The molecule has 2 fully saturated rings. The topological polar surface area (TPSA) is 18.5 Å². The van der Waals surface area contributed by atoms with Gasteiger partial charge in [-0.05, 0) is 17.4 Å². The van der Waals surface area contributed by atoms with Crippen LogP contribution in [0.5, 0.6) is 0 Å². The third-order valence-electron chi connectivity index (χ3n) is 4.69. The molecule has 1 aromatic rings. The Hall–Kier alpha value is -0.860. The number of ether oxygens (including phenoxy) is 2. The monoisotopic (exact) mass is 246 g/mol.